The molecule has 0 radical (unpaired) electrons. The lowest BCUT2D eigenvalue weighted by atomic mass is 9.78. The van der Waals surface area contributed by atoms with E-state index in [0.717, 1.165) is 31.7 Å². The molecule has 0 aromatic heterocycles. The maximum absolute atomic E-state index is 5.42. The first kappa shape index (κ1) is 12.0. The van der Waals surface area contributed by atoms with Crippen molar-refractivity contribution >= 4 is 0 Å². The van der Waals surface area contributed by atoms with Gasteiger partial charge in [0, 0.05) is 19.3 Å². The largest absolute Gasteiger partial charge is 0.382 e. The lowest BCUT2D eigenvalue weighted by Gasteiger charge is -2.34. The van der Waals surface area contributed by atoms with Crippen molar-refractivity contribution in [3.8, 4) is 0 Å². The van der Waals surface area contributed by atoms with Crippen molar-refractivity contribution in [3.63, 3.8) is 0 Å². The van der Waals surface area contributed by atoms with E-state index >= 15 is 0 Å². The van der Waals surface area contributed by atoms with Crippen LogP contribution in [0.5, 0.6) is 0 Å². The van der Waals surface area contributed by atoms with Crippen LogP contribution in [0.15, 0.2) is 0 Å². The topological polar surface area (TPSA) is 21.3 Å². The average Bonchev–Trinajstić information content (AvgIpc) is 2.11. The van der Waals surface area contributed by atoms with Crippen LogP contribution in [-0.4, -0.2) is 25.8 Å². The quantitative estimate of drug-likeness (QED) is 0.607. The van der Waals surface area contributed by atoms with Crippen molar-refractivity contribution < 1.29 is 4.74 Å². The Bertz CT molecular complexity index is 134. The van der Waals surface area contributed by atoms with Crippen LogP contribution in [0.2, 0.25) is 0 Å². The fraction of sp³-hybridized carbons (Fsp3) is 1.00. The van der Waals surface area contributed by atoms with Gasteiger partial charge in [-0.3, -0.25) is 0 Å². The van der Waals surface area contributed by atoms with Gasteiger partial charge >= 0.3 is 0 Å². The summed E-state index contributed by atoms with van der Waals surface area (Å²) in [6, 6.07) is 0.718. The Balaban J connectivity index is 2.14. The van der Waals surface area contributed by atoms with Crippen molar-refractivity contribution in [1.29, 1.82) is 0 Å². The molecule has 1 aliphatic rings. The molecule has 2 heteroatoms. The van der Waals surface area contributed by atoms with Gasteiger partial charge < -0.3 is 10.1 Å². The van der Waals surface area contributed by atoms with Crippen LogP contribution in [-0.2, 0) is 4.74 Å². The molecule has 84 valence electrons. The molecule has 0 aromatic carbocycles. The first-order valence-corrected chi connectivity index (χ1v) is 6.19. The van der Waals surface area contributed by atoms with Crippen LogP contribution in [0, 0.1) is 5.92 Å². The monoisotopic (exact) mass is 199 g/mol. The predicted molar refractivity (Wildman–Crippen MR) is 60.5 cm³/mol. The Kier molecular flexibility index (Phi) is 6.20. The molecule has 0 bridgehead atoms. The lowest BCUT2D eigenvalue weighted by molar-refractivity contribution is 0.116. The minimum absolute atomic E-state index is 0.718. The normalized spacial score (nSPS) is 19.3. The third-order valence-electron chi connectivity index (χ3n) is 3.15. The molecule has 2 nitrogen and oxygen atoms in total. The van der Waals surface area contributed by atoms with E-state index < -0.39 is 0 Å². The SMILES string of the molecule is CCCNC(CCOCC)C1CCC1. The Morgan fingerprint density at radius 1 is 1.36 bits per heavy atom. The third-order valence-corrected chi connectivity index (χ3v) is 3.15. The summed E-state index contributed by atoms with van der Waals surface area (Å²) in [6.45, 7) is 7.23. The molecule has 1 aliphatic carbocycles. The zero-order chi connectivity index (χ0) is 10.2. The third kappa shape index (κ3) is 3.97. The van der Waals surface area contributed by atoms with Crippen molar-refractivity contribution in [2.45, 2.75) is 52.0 Å². The Morgan fingerprint density at radius 3 is 2.64 bits per heavy atom. The van der Waals surface area contributed by atoms with Gasteiger partial charge in [-0.15, -0.1) is 0 Å². The molecule has 1 unspecified atom stereocenters. The Hall–Kier alpha value is -0.0800. The van der Waals surface area contributed by atoms with Crippen LogP contribution in [0.25, 0.3) is 0 Å². The summed E-state index contributed by atoms with van der Waals surface area (Å²) >= 11 is 0. The maximum Gasteiger partial charge on any atom is 0.0480 e. The van der Waals surface area contributed by atoms with Gasteiger partial charge in [0.25, 0.3) is 0 Å². The fourth-order valence-corrected chi connectivity index (χ4v) is 2.03. The van der Waals surface area contributed by atoms with E-state index in [1.807, 2.05) is 0 Å². The molecule has 0 amide bonds. The molecule has 1 rings (SSSR count). The second kappa shape index (κ2) is 7.24. The molecular formula is C12H25NO. The highest BCUT2D eigenvalue weighted by Gasteiger charge is 2.26. The van der Waals surface area contributed by atoms with Gasteiger partial charge in [0.1, 0.15) is 0 Å². The zero-order valence-electron chi connectivity index (χ0n) is 9.72. The number of ether oxygens (including phenoxy) is 1. The van der Waals surface area contributed by atoms with Crippen LogP contribution < -0.4 is 5.32 Å². The minimum Gasteiger partial charge on any atom is -0.382 e. The van der Waals surface area contributed by atoms with E-state index in [2.05, 4.69) is 19.2 Å². The summed E-state index contributed by atoms with van der Waals surface area (Å²) in [5.41, 5.74) is 0. The van der Waals surface area contributed by atoms with E-state index in [9.17, 15) is 0 Å². The second-order valence-corrected chi connectivity index (χ2v) is 4.24. The van der Waals surface area contributed by atoms with Gasteiger partial charge in [-0.1, -0.05) is 13.3 Å². The van der Waals surface area contributed by atoms with Crippen LogP contribution >= 0.6 is 0 Å². The van der Waals surface area contributed by atoms with Gasteiger partial charge in [-0.25, -0.2) is 0 Å². The smallest absolute Gasteiger partial charge is 0.0480 e. The first-order chi connectivity index (χ1) is 6.88. The number of rotatable bonds is 8. The van der Waals surface area contributed by atoms with E-state index in [0.29, 0.717) is 0 Å². The molecule has 14 heavy (non-hydrogen) atoms. The van der Waals surface area contributed by atoms with Crippen LogP contribution in [0.4, 0.5) is 0 Å². The Morgan fingerprint density at radius 2 is 2.14 bits per heavy atom. The number of nitrogens with one attached hydrogen (secondary N) is 1. The molecule has 0 saturated heterocycles. The molecule has 1 N–H and O–H groups in total. The molecule has 0 heterocycles. The summed E-state index contributed by atoms with van der Waals surface area (Å²) in [7, 11) is 0. The summed E-state index contributed by atoms with van der Waals surface area (Å²) < 4.78 is 5.42. The molecule has 1 fully saturated rings. The van der Waals surface area contributed by atoms with Crippen molar-refractivity contribution in [1.82, 2.24) is 5.32 Å². The molecule has 0 aromatic rings. The molecular weight excluding hydrogens is 174 g/mol. The highest BCUT2D eigenvalue weighted by molar-refractivity contribution is 4.82. The fourth-order valence-electron chi connectivity index (χ4n) is 2.03. The number of hydrogen-bond acceptors (Lipinski definition) is 2. The van der Waals surface area contributed by atoms with E-state index in [1.165, 1.54) is 32.1 Å². The summed E-state index contributed by atoms with van der Waals surface area (Å²) in [6.07, 6.45) is 6.71. The van der Waals surface area contributed by atoms with Gasteiger partial charge in [0.15, 0.2) is 0 Å². The standard InChI is InChI=1S/C12H25NO/c1-3-9-13-12(8-10-14-4-2)11-6-5-7-11/h11-13H,3-10H2,1-2H3. The molecule has 0 aliphatic heterocycles. The summed E-state index contributed by atoms with van der Waals surface area (Å²) in [5.74, 6) is 0.932. The van der Waals surface area contributed by atoms with Crippen molar-refractivity contribution in [2.24, 2.45) is 5.92 Å². The van der Waals surface area contributed by atoms with Gasteiger partial charge in [0.05, 0.1) is 0 Å². The van der Waals surface area contributed by atoms with Gasteiger partial charge in [0.2, 0.25) is 0 Å². The van der Waals surface area contributed by atoms with E-state index in [1.54, 1.807) is 0 Å². The number of hydrogen-bond donors (Lipinski definition) is 1. The average molecular weight is 199 g/mol. The second-order valence-electron chi connectivity index (χ2n) is 4.24. The lowest BCUT2D eigenvalue weighted by Crippen LogP contribution is -2.40. The Labute approximate surface area is 88.4 Å². The van der Waals surface area contributed by atoms with Gasteiger partial charge in [-0.2, -0.15) is 0 Å². The molecule has 1 saturated carbocycles. The van der Waals surface area contributed by atoms with Gasteiger partial charge in [-0.05, 0) is 45.1 Å². The highest BCUT2D eigenvalue weighted by Crippen LogP contribution is 2.30. The van der Waals surface area contributed by atoms with E-state index in [-0.39, 0.29) is 0 Å². The van der Waals surface area contributed by atoms with Crippen LogP contribution in [0.3, 0.4) is 0 Å². The van der Waals surface area contributed by atoms with Crippen LogP contribution in [0.1, 0.15) is 46.0 Å². The molecule has 0 spiro atoms. The van der Waals surface area contributed by atoms with Crippen molar-refractivity contribution in [3.05, 3.63) is 0 Å². The zero-order valence-corrected chi connectivity index (χ0v) is 9.72. The highest BCUT2D eigenvalue weighted by atomic mass is 16.5. The summed E-state index contributed by atoms with van der Waals surface area (Å²) in [4.78, 5) is 0. The first-order valence-electron chi connectivity index (χ1n) is 6.19. The maximum atomic E-state index is 5.42. The minimum atomic E-state index is 0.718. The predicted octanol–water partition coefficient (Wildman–Crippen LogP) is 2.58. The van der Waals surface area contributed by atoms with E-state index in [4.69, 9.17) is 4.74 Å². The van der Waals surface area contributed by atoms with Crippen molar-refractivity contribution in [2.75, 3.05) is 19.8 Å². The molecule has 1 atom stereocenters. The summed E-state index contributed by atoms with van der Waals surface area (Å²) in [5, 5.41) is 3.65.